The molecule has 0 amide bonds. The van der Waals surface area contributed by atoms with Gasteiger partial charge in [-0.1, -0.05) is 6.07 Å². The summed E-state index contributed by atoms with van der Waals surface area (Å²) >= 11 is 0. The number of rotatable bonds is 1. The topological polar surface area (TPSA) is 44.5 Å². The van der Waals surface area contributed by atoms with Crippen molar-refractivity contribution in [2.75, 3.05) is 13.7 Å². The maximum absolute atomic E-state index is 13.4. The zero-order valence-electron chi connectivity index (χ0n) is 7.87. The van der Waals surface area contributed by atoms with E-state index in [-0.39, 0.29) is 11.9 Å². The molecule has 2 atom stereocenters. The van der Waals surface area contributed by atoms with Crippen LogP contribution in [0.3, 0.4) is 0 Å². The zero-order chi connectivity index (χ0) is 10.1. The Morgan fingerprint density at radius 1 is 1.57 bits per heavy atom. The molecule has 4 heteroatoms. The molecule has 0 radical (unpaired) electrons. The summed E-state index contributed by atoms with van der Waals surface area (Å²) in [6.07, 6.45) is -0.278. The Bertz CT molecular complexity index is 343. The van der Waals surface area contributed by atoms with Crippen LogP contribution >= 0.6 is 0 Å². The summed E-state index contributed by atoms with van der Waals surface area (Å²) in [5, 5.41) is 0. The van der Waals surface area contributed by atoms with E-state index in [9.17, 15) is 4.39 Å². The van der Waals surface area contributed by atoms with Crippen LogP contribution < -0.4 is 10.5 Å². The van der Waals surface area contributed by atoms with Crippen LogP contribution in [0.5, 0.6) is 5.75 Å². The van der Waals surface area contributed by atoms with Gasteiger partial charge in [-0.15, -0.1) is 0 Å². The third kappa shape index (κ3) is 1.36. The number of hydrogen-bond acceptors (Lipinski definition) is 3. The molecular weight excluding hydrogens is 185 g/mol. The van der Waals surface area contributed by atoms with E-state index in [0.29, 0.717) is 17.9 Å². The molecule has 1 aliphatic rings. The normalized spacial score (nSPS) is 25.4. The molecule has 0 spiro atoms. The molecule has 1 aliphatic heterocycles. The number of ether oxygens (including phenoxy) is 2. The Balaban J connectivity index is 2.43. The summed E-state index contributed by atoms with van der Waals surface area (Å²) in [7, 11) is 1.54. The van der Waals surface area contributed by atoms with Gasteiger partial charge in [-0.2, -0.15) is 0 Å². The summed E-state index contributed by atoms with van der Waals surface area (Å²) in [6.45, 7) is 0.369. The van der Waals surface area contributed by atoms with Crippen LogP contribution in [0.1, 0.15) is 11.6 Å². The van der Waals surface area contributed by atoms with Crippen molar-refractivity contribution in [2.24, 2.45) is 5.73 Å². The monoisotopic (exact) mass is 197 g/mol. The molecule has 1 aromatic rings. The fourth-order valence-corrected chi connectivity index (χ4v) is 1.64. The molecule has 2 N–H and O–H groups in total. The summed E-state index contributed by atoms with van der Waals surface area (Å²) < 4.78 is 23.8. The van der Waals surface area contributed by atoms with Crippen molar-refractivity contribution in [3.8, 4) is 5.75 Å². The third-order valence-corrected chi connectivity index (χ3v) is 2.45. The van der Waals surface area contributed by atoms with Crippen molar-refractivity contribution >= 4 is 0 Å². The van der Waals surface area contributed by atoms with E-state index in [1.165, 1.54) is 6.07 Å². The molecule has 2 rings (SSSR count). The van der Waals surface area contributed by atoms with Gasteiger partial charge in [0, 0.05) is 12.7 Å². The lowest BCUT2D eigenvalue weighted by molar-refractivity contribution is 0.0246. The molecular formula is C10H12FNO2. The highest BCUT2D eigenvalue weighted by molar-refractivity contribution is 5.39. The smallest absolute Gasteiger partial charge is 0.131 e. The van der Waals surface area contributed by atoms with E-state index in [2.05, 4.69) is 0 Å². The van der Waals surface area contributed by atoms with Gasteiger partial charge in [0.25, 0.3) is 0 Å². The fourth-order valence-electron chi connectivity index (χ4n) is 1.64. The van der Waals surface area contributed by atoms with E-state index < -0.39 is 6.04 Å². The van der Waals surface area contributed by atoms with Crippen LogP contribution in [-0.4, -0.2) is 19.8 Å². The SMILES string of the molecule is COC1COc2cccc(F)c2C1N. The first-order valence-electron chi connectivity index (χ1n) is 4.43. The lowest BCUT2D eigenvalue weighted by Crippen LogP contribution is -2.37. The summed E-state index contributed by atoms with van der Waals surface area (Å²) in [5.41, 5.74) is 6.26. The Labute approximate surface area is 81.6 Å². The van der Waals surface area contributed by atoms with Gasteiger partial charge in [0.05, 0.1) is 6.04 Å². The van der Waals surface area contributed by atoms with Gasteiger partial charge in [-0.25, -0.2) is 4.39 Å². The summed E-state index contributed by atoms with van der Waals surface area (Å²) in [5.74, 6) is 0.183. The quantitative estimate of drug-likeness (QED) is 0.736. The van der Waals surface area contributed by atoms with Gasteiger partial charge in [0.1, 0.15) is 24.3 Å². The van der Waals surface area contributed by atoms with Gasteiger partial charge in [0.2, 0.25) is 0 Å². The Kier molecular flexibility index (Phi) is 2.39. The number of methoxy groups -OCH3 is 1. The molecule has 0 fully saturated rings. The highest BCUT2D eigenvalue weighted by atomic mass is 19.1. The van der Waals surface area contributed by atoms with Crippen LogP contribution in [0.4, 0.5) is 4.39 Å². The van der Waals surface area contributed by atoms with E-state index >= 15 is 0 Å². The molecule has 76 valence electrons. The van der Waals surface area contributed by atoms with Crippen LogP contribution in [0.2, 0.25) is 0 Å². The van der Waals surface area contributed by atoms with Crippen LogP contribution in [0.15, 0.2) is 18.2 Å². The first kappa shape index (κ1) is 9.43. The number of nitrogens with two attached hydrogens (primary N) is 1. The minimum Gasteiger partial charge on any atom is -0.490 e. The van der Waals surface area contributed by atoms with Crippen LogP contribution in [-0.2, 0) is 4.74 Å². The fraction of sp³-hybridized carbons (Fsp3) is 0.400. The number of benzene rings is 1. The highest BCUT2D eigenvalue weighted by Gasteiger charge is 2.30. The molecule has 3 nitrogen and oxygen atoms in total. The Hall–Kier alpha value is -1.13. The van der Waals surface area contributed by atoms with Gasteiger partial charge < -0.3 is 15.2 Å². The first-order valence-corrected chi connectivity index (χ1v) is 4.43. The number of hydrogen-bond donors (Lipinski definition) is 1. The minimum absolute atomic E-state index is 0.278. The highest BCUT2D eigenvalue weighted by Crippen LogP contribution is 2.33. The maximum atomic E-state index is 13.4. The number of halogens is 1. The largest absolute Gasteiger partial charge is 0.490 e. The summed E-state index contributed by atoms with van der Waals surface area (Å²) in [4.78, 5) is 0. The second kappa shape index (κ2) is 3.55. The third-order valence-electron chi connectivity index (χ3n) is 2.45. The van der Waals surface area contributed by atoms with Crippen LogP contribution in [0, 0.1) is 5.82 Å². The van der Waals surface area contributed by atoms with Gasteiger partial charge >= 0.3 is 0 Å². The number of fused-ring (bicyclic) bond motifs is 1. The molecule has 1 aromatic carbocycles. The predicted molar refractivity (Wildman–Crippen MR) is 49.6 cm³/mol. The molecule has 0 aromatic heterocycles. The van der Waals surface area contributed by atoms with Crippen molar-refractivity contribution in [3.05, 3.63) is 29.6 Å². The van der Waals surface area contributed by atoms with Gasteiger partial charge in [0.15, 0.2) is 0 Å². The Morgan fingerprint density at radius 3 is 3.07 bits per heavy atom. The van der Waals surface area contributed by atoms with Crippen LogP contribution in [0.25, 0.3) is 0 Å². The van der Waals surface area contributed by atoms with Crippen molar-refractivity contribution in [1.82, 2.24) is 0 Å². The van der Waals surface area contributed by atoms with Crippen molar-refractivity contribution in [2.45, 2.75) is 12.1 Å². The van der Waals surface area contributed by atoms with Crippen molar-refractivity contribution < 1.29 is 13.9 Å². The molecule has 2 unspecified atom stereocenters. The molecule has 0 saturated carbocycles. The average Bonchev–Trinajstić information content (AvgIpc) is 2.18. The standard InChI is InChI=1S/C10H12FNO2/c1-13-8-5-14-7-4-2-3-6(11)9(7)10(8)12/h2-4,8,10H,5,12H2,1H3. The van der Waals surface area contributed by atoms with Gasteiger partial charge in [-0.3, -0.25) is 0 Å². The predicted octanol–water partition coefficient (Wildman–Crippen LogP) is 1.23. The second-order valence-corrected chi connectivity index (χ2v) is 3.26. The van der Waals surface area contributed by atoms with E-state index in [1.807, 2.05) is 0 Å². The van der Waals surface area contributed by atoms with E-state index in [1.54, 1.807) is 19.2 Å². The molecule has 0 bridgehead atoms. The average molecular weight is 197 g/mol. The van der Waals surface area contributed by atoms with E-state index in [0.717, 1.165) is 0 Å². The molecule has 14 heavy (non-hydrogen) atoms. The lowest BCUT2D eigenvalue weighted by Gasteiger charge is -2.30. The maximum Gasteiger partial charge on any atom is 0.131 e. The second-order valence-electron chi connectivity index (χ2n) is 3.26. The summed E-state index contributed by atoms with van der Waals surface area (Å²) in [6, 6.07) is 4.24. The minimum atomic E-state index is -0.454. The molecule has 0 saturated heterocycles. The van der Waals surface area contributed by atoms with Crippen molar-refractivity contribution in [1.29, 1.82) is 0 Å². The molecule has 0 aliphatic carbocycles. The Morgan fingerprint density at radius 2 is 2.36 bits per heavy atom. The van der Waals surface area contributed by atoms with E-state index in [4.69, 9.17) is 15.2 Å². The van der Waals surface area contributed by atoms with Crippen molar-refractivity contribution in [3.63, 3.8) is 0 Å². The van der Waals surface area contributed by atoms with Gasteiger partial charge in [-0.05, 0) is 12.1 Å². The molecule has 1 heterocycles. The zero-order valence-corrected chi connectivity index (χ0v) is 7.87. The first-order chi connectivity index (χ1) is 6.74. The lowest BCUT2D eigenvalue weighted by atomic mass is 9.98.